The van der Waals surface area contributed by atoms with Crippen molar-refractivity contribution in [3.05, 3.63) is 95.3 Å². The molecule has 4 aromatic rings. The van der Waals surface area contributed by atoms with Crippen LogP contribution in [0.4, 0.5) is 4.39 Å². The molecule has 0 saturated carbocycles. The van der Waals surface area contributed by atoms with E-state index in [1.54, 1.807) is 12.1 Å². The van der Waals surface area contributed by atoms with E-state index in [1.165, 1.54) is 6.07 Å². The number of hydrogen-bond donors (Lipinski definition) is 2. The smallest absolute Gasteiger partial charge is 1.00 e. The molecule has 8 bridgehead atoms. The number of nitrogens with one attached hydrogen (secondary N) is 2. The third-order valence-corrected chi connectivity index (χ3v) is 5.30. The molecule has 8 heteroatoms. The summed E-state index contributed by atoms with van der Waals surface area (Å²) in [5.74, 6) is -0.264. The van der Waals surface area contributed by atoms with E-state index >= 15 is 0 Å². The number of aromatic amines is 2. The summed E-state index contributed by atoms with van der Waals surface area (Å²) < 4.78 is 13.9. The number of benzene rings is 1. The number of nitrogens with zero attached hydrogens (tertiary/aromatic N) is 2. The maximum atomic E-state index is 13.9. The number of H-pyrrole nitrogens is 2. The molecule has 2 aliphatic rings. The monoisotopic (exact) mass is 530 g/mol. The van der Waals surface area contributed by atoms with Crippen molar-refractivity contribution < 1.29 is 46.3 Å². The van der Waals surface area contributed by atoms with Crippen molar-refractivity contribution in [3.8, 4) is 11.1 Å². The van der Waals surface area contributed by atoms with Gasteiger partial charge in [0.05, 0.1) is 22.8 Å². The van der Waals surface area contributed by atoms with Crippen molar-refractivity contribution in [2.45, 2.75) is 0 Å². The first-order valence-corrected chi connectivity index (χ1v) is 10.0. The molecule has 0 atom stereocenters. The van der Waals surface area contributed by atoms with E-state index in [1.807, 2.05) is 72.8 Å². The van der Waals surface area contributed by atoms with Crippen LogP contribution in [0, 0.1) is 5.82 Å². The van der Waals surface area contributed by atoms with Gasteiger partial charge in [0.25, 0.3) is 0 Å². The topological polar surface area (TPSA) is 57.4 Å². The SMILES string of the molecule is Fc1cccc(-c2cc3cc4nc(cc5ccc(cc6nc(cc2[nH]3)C=C6)[nH]5)C=C4)c1.[Cl-].[Cl-].[Fe+2]. The summed E-state index contributed by atoms with van der Waals surface area (Å²) in [6.07, 6.45) is 7.93. The number of hydrogen-bond acceptors (Lipinski definition) is 2. The zero-order valence-corrected chi connectivity index (χ0v) is 20.2. The molecule has 0 amide bonds. The number of aromatic nitrogens is 4. The summed E-state index contributed by atoms with van der Waals surface area (Å²) in [6, 6.07) is 20.7. The van der Waals surface area contributed by atoms with Gasteiger partial charge in [-0.25, -0.2) is 14.4 Å². The van der Waals surface area contributed by atoms with Crippen molar-refractivity contribution >= 4 is 46.4 Å². The molecule has 170 valence electrons. The first kappa shape index (κ1) is 25.5. The van der Waals surface area contributed by atoms with Gasteiger partial charge in [0.1, 0.15) is 5.82 Å². The minimum Gasteiger partial charge on any atom is -1.00 e. The molecule has 3 aromatic heterocycles. The number of halogens is 3. The van der Waals surface area contributed by atoms with Crippen LogP contribution in [0.15, 0.2) is 66.7 Å². The van der Waals surface area contributed by atoms with Crippen LogP contribution in [0.1, 0.15) is 22.8 Å². The Morgan fingerprint density at radius 2 is 1.15 bits per heavy atom. The Labute approximate surface area is 218 Å². The van der Waals surface area contributed by atoms with E-state index < -0.39 is 0 Å². The Hall–Kier alpha value is -3.15. The zero-order chi connectivity index (χ0) is 20.8. The fourth-order valence-electron chi connectivity index (χ4n) is 3.91. The van der Waals surface area contributed by atoms with E-state index in [9.17, 15) is 4.39 Å². The molecular weight excluding hydrogens is 514 g/mol. The average molecular weight is 531 g/mol. The molecule has 5 heterocycles. The van der Waals surface area contributed by atoms with Crippen molar-refractivity contribution in [3.63, 3.8) is 0 Å². The predicted molar refractivity (Wildman–Crippen MR) is 124 cm³/mol. The molecule has 2 N–H and O–H groups in total. The maximum absolute atomic E-state index is 13.9. The van der Waals surface area contributed by atoms with Crippen LogP contribution >= 0.6 is 0 Å². The summed E-state index contributed by atoms with van der Waals surface area (Å²) >= 11 is 0. The largest absolute Gasteiger partial charge is 2.00 e. The van der Waals surface area contributed by atoms with Gasteiger partial charge in [-0.1, -0.05) is 12.1 Å². The molecule has 0 aliphatic carbocycles. The second-order valence-electron chi connectivity index (χ2n) is 7.60. The van der Waals surface area contributed by atoms with Gasteiger partial charge in [0.15, 0.2) is 0 Å². The van der Waals surface area contributed by atoms with Crippen LogP contribution in [0.25, 0.3) is 57.5 Å². The Morgan fingerprint density at radius 3 is 1.74 bits per heavy atom. The minimum absolute atomic E-state index is 0. The predicted octanol–water partition coefficient (Wildman–Crippen LogP) is 0.467. The Morgan fingerprint density at radius 1 is 0.588 bits per heavy atom. The first-order chi connectivity index (χ1) is 15.2. The second kappa shape index (κ2) is 10.4. The Kier molecular flexibility index (Phi) is 7.80. The fraction of sp³-hybridized carbons (Fsp3) is 0. The molecule has 34 heavy (non-hydrogen) atoms. The quantitative estimate of drug-likeness (QED) is 0.304. The van der Waals surface area contributed by atoms with Crippen LogP contribution < -0.4 is 24.8 Å². The van der Waals surface area contributed by atoms with Crippen LogP contribution in [0.2, 0.25) is 0 Å². The molecule has 1 aromatic carbocycles. The van der Waals surface area contributed by atoms with Gasteiger partial charge >= 0.3 is 17.1 Å². The van der Waals surface area contributed by atoms with Crippen LogP contribution in [0.5, 0.6) is 0 Å². The fourth-order valence-corrected chi connectivity index (χ4v) is 3.91. The second-order valence-corrected chi connectivity index (χ2v) is 7.60. The summed E-state index contributed by atoms with van der Waals surface area (Å²) in [4.78, 5) is 16.2. The summed E-state index contributed by atoms with van der Waals surface area (Å²) in [5, 5.41) is 0. The molecule has 6 rings (SSSR count). The van der Waals surface area contributed by atoms with E-state index in [-0.39, 0.29) is 47.7 Å². The standard InChI is InChI=1S/C26H17FN4.2ClH.Fe/c27-17-3-1-2-16(10-17)25-14-24-13-22-7-6-20(29-22)11-18-4-5-19(28-18)12-21-8-9-23(30-21)15-26(25)31-24;;;/h1-15,28,31H;2*1H;/q;;;+2/p-2. The number of rotatable bonds is 1. The molecule has 4 nitrogen and oxygen atoms in total. The molecule has 0 fully saturated rings. The van der Waals surface area contributed by atoms with Crippen molar-refractivity contribution in [2.75, 3.05) is 0 Å². The van der Waals surface area contributed by atoms with Crippen LogP contribution in [-0.2, 0) is 17.1 Å². The molecule has 0 radical (unpaired) electrons. The Balaban J connectivity index is 0.00000108. The molecular formula is C26H17Cl2FFeN4. The maximum Gasteiger partial charge on any atom is 2.00 e. The third-order valence-electron chi connectivity index (χ3n) is 5.30. The molecule has 0 saturated heterocycles. The molecule has 0 unspecified atom stereocenters. The van der Waals surface area contributed by atoms with Crippen LogP contribution in [-0.4, -0.2) is 19.9 Å². The number of fused-ring (bicyclic) bond motifs is 8. The van der Waals surface area contributed by atoms with Crippen molar-refractivity contribution in [1.29, 1.82) is 0 Å². The van der Waals surface area contributed by atoms with E-state index in [4.69, 9.17) is 9.97 Å². The van der Waals surface area contributed by atoms with Crippen molar-refractivity contribution in [1.82, 2.24) is 19.9 Å². The van der Waals surface area contributed by atoms with E-state index in [2.05, 4.69) is 9.97 Å². The van der Waals surface area contributed by atoms with Gasteiger partial charge < -0.3 is 34.8 Å². The van der Waals surface area contributed by atoms with Gasteiger partial charge in [0.2, 0.25) is 0 Å². The average Bonchev–Trinajstić information content (AvgIpc) is 3.53. The summed E-state index contributed by atoms with van der Waals surface area (Å²) in [6.45, 7) is 0. The van der Waals surface area contributed by atoms with Gasteiger partial charge in [-0.2, -0.15) is 0 Å². The minimum atomic E-state index is -0.264. The van der Waals surface area contributed by atoms with E-state index in [0.29, 0.717) is 0 Å². The van der Waals surface area contributed by atoms with Gasteiger partial charge in [-0.15, -0.1) is 0 Å². The molecule has 0 spiro atoms. The summed E-state index contributed by atoms with van der Waals surface area (Å²) in [7, 11) is 0. The first-order valence-electron chi connectivity index (χ1n) is 10.0. The zero-order valence-electron chi connectivity index (χ0n) is 17.5. The van der Waals surface area contributed by atoms with Gasteiger partial charge in [-0.05, 0) is 84.5 Å². The normalized spacial score (nSPS) is 11.3. The third kappa shape index (κ3) is 5.16. The van der Waals surface area contributed by atoms with Gasteiger partial charge in [0, 0.05) is 27.6 Å². The van der Waals surface area contributed by atoms with Gasteiger partial charge in [-0.3, -0.25) is 0 Å². The van der Waals surface area contributed by atoms with Crippen LogP contribution in [0.3, 0.4) is 0 Å². The van der Waals surface area contributed by atoms with Crippen molar-refractivity contribution in [2.24, 2.45) is 0 Å². The summed E-state index contributed by atoms with van der Waals surface area (Å²) in [5.41, 5.74) is 8.87. The Bertz CT molecular complexity index is 1570. The molecule has 2 aliphatic heterocycles. The van der Waals surface area contributed by atoms with E-state index in [0.717, 1.165) is 56.0 Å².